The van der Waals surface area contributed by atoms with Crippen molar-refractivity contribution in [2.75, 3.05) is 5.32 Å². The minimum Gasteiger partial charge on any atom is -0.381 e. The molecule has 1 fully saturated rings. The summed E-state index contributed by atoms with van der Waals surface area (Å²) in [6.45, 7) is 0. The maximum Gasteiger partial charge on any atom is 0.0487 e. The molecule has 0 saturated heterocycles. The van der Waals surface area contributed by atoms with Gasteiger partial charge < -0.3 is 11.1 Å². The number of benzene rings is 1. The van der Waals surface area contributed by atoms with Crippen molar-refractivity contribution in [1.29, 1.82) is 0 Å². The Kier molecular flexibility index (Phi) is 3.69. The Morgan fingerprint density at radius 2 is 2.07 bits per heavy atom. The molecule has 0 bridgehead atoms. The quantitative estimate of drug-likeness (QED) is 0.869. The molecule has 2 unspecified atom stereocenters. The number of hydrogen-bond acceptors (Lipinski definition) is 2. The molecule has 3 N–H and O–H groups in total. The summed E-state index contributed by atoms with van der Waals surface area (Å²) >= 11 is 6.99. The number of rotatable bonds is 2. The van der Waals surface area contributed by atoms with E-state index < -0.39 is 0 Å². The molecule has 1 aromatic rings. The van der Waals surface area contributed by atoms with Crippen LogP contribution in [0.5, 0.6) is 0 Å². The summed E-state index contributed by atoms with van der Waals surface area (Å²) in [6.07, 6.45) is 3.37. The third-order valence-electron chi connectivity index (χ3n) is 2.76. The zero-order valence-electron chi connectivity index (χ0n) is 8.34. The third-order valence-corrected chi connectivity index (χ3v) is 3.91. The molecule has 1 saturated carbocycles. The molecule has 0 spiro atoms. The van der Waals surface area contributed by atoms with Crippen LogP contribution in [-0.2, 0) is 0 Å². The average Bonchev–Trinajstić information content (AvgIpc) is 2.56. The molecule has 4 heteroatoms. The molecule has 1 aromatic carbocycles. The van der Waals surface area contributed by atoms with Crippen molar-refractivity contribution in [3.8, 4) is 0 Å². The van der Waals surface area contributed by atoms with Crippen molar-refractivity contribution in [2.45, 2.75) is 31.3 Å². The largest absolute Gasteiger partial charge is 0.381 e. The van der Waals surface area contributed by atoms with E-state index in [1.165, 1.54) is 6.42 Å². The lowest BCUT2D eigenvalue weighted by Gasteiger charge is -2.15. The highest BCUT2D eigenvalue weighted by Crippen LogP contribution is 2.29. The molecule has 0 amide bonds. The van der Waals surface area contributed by atoms with Crippen molar-refractivity contribution in [3.63, 3.8) is 0 Å². The Bertz CT molecular complexity index is 354. The molecule has 15 heavy (non-hydrogen) atoms. The van der Waals surface area contributed by atoms with Crippen LogP contribution in [0, 0.1) is 0 Å². The molecular formula is C11H14Br2N2. The fourth-order valence-corrected chi connectivity index (χ4v) is 3.14. The Balaban J connectivity index is 2.04. The monoisotopic (exact) mass is 332 g/mol. The summed E-state index contributed by atoms with van der Waals surface area (Å²) in [4.78, 5) is 0. The molecule has 1 aliphatic rings. The Morgan fingerprint density at radius 1 is 1.27 bits per heavy atom. The van der Waals surface area contributed by atoms with E-state index in [0.717, 1.165) is 27.5 Å². The SMILES string of the molecule is NC1CCC(Nc2ccc(Br)cc2Br)C1. The second kappa shape index (κ2) is 4.85. The zero-order chi connectivity index (χ0) is 10.8. The van der Waals surface area contributed by atoms with Gasteiger partial charge >= 0.3 is 0 Å². The third kappa shape index (κ3) is 2.95. The molecule has 2 atom stereocenters. The number of nitrogens with two attached hydrogens (primary N) is 1. The highest BCUT2D eigenvalue weighted by molar-refractivity contribution is 9.11. The zero-order valence-corrected chi connectivity index (χ0v) is 11.5. The highest BCUT2D eigenvalue weighted by Gasteiger charge is 2.21. The lowest BCUT2D eigenvalue weighted by molar-refractivity contribution is 0.687. The predicted octanol–water partition coefficient (Wildman–Crippen LogP) is 3.50. The fourth-order valence-electron chi connectivity index (χ4n) is 1.97. The van der Waals surface area contributed by atoms with Crippen molar-refractivity contribution >= 4 is 37.5 Å². The minimum absolute atomic E-state index is 0.372. The molecule has 2 nitrogen and oxygen atoms in total. The maximum atomic E-state index is 5.88. The van der Waals surface area contributed by atoms with Gasteiger partial charge in [-0.3, -0.25) is 0 Å². The van der Waals surface area contributed by atoms with Crippen LogP contribution in [0.2, 0.25) is 0 Å². The first-order valence-corrected chi connectivity index (χ1v) is 6.71. The van der Waals surface area contributed by atoms with Crippen LogP contribution in [0.25, 0.3) is 0 Å². The first-order chi connectivity index (χ1) is 7.15. The van der Waals surface area contributed by atoms with Gasteiger partial charge in [-0.15, -0.1) is 0 Å². The summed E-state index contributed by atoms with van der Waals surface area (Å²) in [5.74, 6) is 0. The Hall–Kier alpha value is -0.0600. The second-order valence-electron chi connectivity index (χ2n) is 4.04. The maximum absolute atomic E-state index is 5.88. The van der Waals surface area contributed by atoms with E-state index in [2.05, 4.69) is 49.3 Å². The van der Waals surface area contributed by atoms with Crippen LogP contribution < -0.4 is 11.1 Å². The minimum atomic E-state index is 0.372. The van der Waals surface area contributed by atoms with Crippen molar-refractivity contribution in [3.05, 3.63) is 27.1 Å². The van der Waals surface area contributed by atoms with Crippen LogP contribution in [0.1, 0.15) is 19.3 Å². The van der Waals surface area contributed by atoms with E-state index in [0.29, 0.717) is 12.1 Å². The highest BCUT2D eigenvalue weighted by atomic mass is 79.9. The van der Waals surface area contributed by atoms with Gasteiger partial charge in [0, 0.05) is 26.7 Å². The van der Waals surface area contributed by atoms with Gasteiger partial charge in [-0.05, 0) is 53.4 Å². The van der Waals surface area contributed by atoms with E-state index >= 15 is 0 Å². The molecule has 1 aliphatic carbocycles. The van der Waals surface area contributed by atoms with Gasteiger partial charge in [0.15, 0.2) is 0 Å². The molecule has 82 valence electrons. The van der Waals surface area contributed by atoms with Gasteiger partial charge in [0.05, 0.1) is 0 Å². The average molecular weight is 334 g/mol. The first-order valence-electron chi connectivity index (χ1n) is 5.12. The molecular weight excluding hydrogens is 320 g/mol. The standard InChI is InChI=1S/C11H14Br2N2/c12-7-1-4-11(10(13)5-7)15-9-3-2-8(14)6-9/h1,4-5,8-9,15H,2-3,6,14H2. The number of halogens is 2. The van der Waals surface area contributed by atoms with Crippen molar-refractivity contribution in [1.82, 2.24) is 0 Å². The second-order valence-corrected chi connectivity index (χ2v) is 5.81. The van der Waals surface area contributed by atoms with E-state index in [1.807, 2.05) is 6.07 Å². The smallest absolute Gasteiger partial charge is 0.0487 e. The summed E-state index contributed by atoms with van der Waals surface area (Å²) in [5.41, 5.74) is 7.03. The van der Waals surface area contributed by atoms with E-state index in [4.69, 9.17) is 5.73 Å². The van der Waals surface area contributed by atoms with Gasteiger partial charge in [-0.25, -0.2) is 0 Å². The van der Waals surface area contributed by atoms with E-state index in [-0.39, 0.29) is 0 Å². The number of anilines is 1. The number of nitrogens with one attached hydrogen (secondary N) is 1. The lowest BCUT2D eigenvalue weighted by atomic mass is 10.2. The predicted molar refractivity (Wildman–Crippen MR) is 71.1 cm³/mol. The lowest BCUT2D eigenvalue weighted by Crippen LogP contribution is -2.20. The van der Waals surface area contributed by atoms with E-state index in [9.17, 15) is 0 Å². The van der Waals surface area contributed by atoms with Gasteiger partial charge in [0.2, 0.25) is 0 Å². The number of hydrogen-bond donors (Lipinski definition) is 2. The van der Waals surface area contributed by atoms with Crippen LogP contribution >= 0.6 is 31.9 Å². The normalized spacial score (nSPS) is 25.5. The van der Waals surface area contributed by atoms with Crippen LogP contribution in [0.3, 0.4) is 0 Å². The van der Waals surface area contributed by atoms with E-state index in [1.54, 1.807) is 0 Å². The van der Waals surface area contributed by atoms with Gasteiger partial charge in [-0.2, -0.15) is 0 Å². The Morgan fingerprint density at radius 3 is 2.67 bits per heavy atom. The van der Waals surface area contributed by atoms with Crippen molar-refractivity contribution < 1.29 is 0 Å². The van der Waals surface area contributed by atoms with Gasteiger partial charge in [0.1, 0.15) is 0 Å². The molecule has 0 radical (unpaired) electrons. The summed E-state index contributed by atoms with van der Waals surface area (Å²) < 4.78 is 2.18. The summed E-state index contributed by atoms with van der Waals surface area (Å²) in [5, 5.41) is 3.52. The topological polar surface area (TPSA) is 38.0 Å². The van der Waals surface area contributed by atoms with Gasteiger partial charge in [-0.1, -0.05) is 15.9 Å². The van der Waals surface area contributed by atoms with Gasteiger partial charge in [0.25, 0.3) is 0 Å². The molecule has 2 rings (SSSR count). The fraction of sp³-hybridized carbons (Fsp3) is 0.455. The van der Waals surface area contributed by atoms with Crippen molar-refractivity contribution in [2.24, 2.45) is 5.73 Å². The Labute approximate surface area is 107 Å². The molecule has 0 aliphatic heterocycles. The summed E-state index contributed by atoms with van der Waals surface area (Å²) in [6, 6.07) is 7.08. The molecule has 0 heterocycles. The molecule has 0 aromatic heterocycles. The van der Waals surface area contributed by atoms with Crippen LogP contribution in [-0.4, -0.2) is 12.1 Å². The van der Waals surface area contributed by atoms with Crippen LogP contribution in [0.15, 0.2) is 27.1 Å². The van der Waals surface area contributed by atoms with Crippen LogP contribution in [0.4, 0.5) is 5.69 Å². The first kappa shape index (κ1) is 11.4. The summed E-state index contributed by atoms with van der Waals surface area (Å²) in [7, 11) is 0.